The van der Waals surface area contributed by atoms with E-state index in [1.54, 1.807) is 13.3 Å². The van der Waals surface area contributed by atoms with Crippen molar-refractivity contribution in [1.82, 2.24) is 14.5 Å². The van der Waals surface area contributed by atoms with E-state index in [0.717, 1.165) is 40.0 Å². The van der Waals surface area contributed by atoms with Gasteiger partial charge in [-0.1, -0.05) is 36.8 Å². The van der Waals surface area contributed by atoms with Crippen LogP contribution in [0.15, 0.2) is 73.1 Å². The summed E-state index contributed by atoms with van der Waals surface area (Å²) in [7, 11) is 3.84. The van der Waals surface area contributed by atoms with Crippen LogP contribution in [0.2, 0.25) is 0 Å². The summed E-state index contributed by atoms with van der Waals surface area (Å²) in [5, 5.41) is 4.31. The molecule has 0 amide bonds. The smallest absolute Gasteiger partial charge is 0.153 e. The van der Waals surface area contributed by atoms with E-state index in [4.69, 9.17) is 4.74 Å². The second-order valence-electron chi connectivity index (χ2n) is 8.53. The molecule has 0 spiro atoms. The van der Waals surface area contributed by atoms with Crippen molar-refractivity contribution in [3.63, 3.8) is 0 Å². The van der Waals surface area contributed by atoms with Crippen LogP contribution in [-0.4, -0.2) is 48.0 Å². The SMILES string of the molecule is CN1CCCCC1.COc1ccc(-n2ccc3c(NCc4ccccc4)c(C=O)cnc32)cc1. The van der Waals surface area contributed by atoms with Gasteiger partial charge in [-0.05, 0) is 68.9 Å². The van der Waals surface area contributed by atoms with Gasteiger partial charge in [0.05, 0.1) is 18.4 Å². The molecule has 0 radical (unpaired) electrons. The molecule has 1 aliphatic heterocycles. The van der Waals surface area contributed by atoms with Crippen molar-refractivity contribution in [1.29, 1.82) is 0 Å². The molecule has 0 bridgehead atoms. The minimum absolute atomic E-state index is 0.547. The molecule has 0 aliphatic carbocycles. The zero-order valence-electron chi connectivity index (χ0n) is 19.9. The molecule has 2 aromatic heterocycles. The lowest BCUT2D eigenvalue weighted by atomic mass is 10.1. The fraction of sp³-hybridized carbons (Fsp3) is 0.286. The molecule has 0 unspecified atom stereocenters. The lowest BCUT2D eigenvalue weighted by Crippen LogP contribution is -2.24. The van der Waals surface area contributed by atoms with Crippen LogP contribution in [0.25, 0.3) is 16.7 Å². The summed E-state index contributed by atoms with van der Waals surface area (Å²) in [6, 6.07) is 19.8. The van der Waals surface area contributed by atoms with Gasteiger partial charge in [0.1, 0.15) is 11.4 Å². The number of anilines is 1. The normalized spacial score (nSPS) is 13.7. The summed E-state index contributed by atoms with van der Waals surface area (Å²) >= 11 is 0. The maximum atomic E-state index is 11.5. The van der Waals surface area contributed by atoms with E-state index in [9.17, 15) is 4.79 Å². The van der Waals surface area contributed by atoms with Crippen molar-refractivity contribution < 1.29 is 9.53 Å². The van der Waals surface area contributed by atoms with E-state index in [0.29, 0.717) is 12.1 Å². The van der Waals surface area contributed by atoms with Gasteiger partial charge in [0.25, 0.3) is 0 Å². The molecule has 2 aromatic carbocycles. The van der Waals surface area contributed by atoms with Gasteiger partial charge in [0.2, 0.25) is 0 Å². The number of aldehydes is 1. The summed E-state index contributed by atoms with van der Waals surface area (Å²) in [5.74, 6) is 0.802. The van der Waals surface area contributed by atoms with Crippen molar-refractivity contribution >= 4 is 23.0 Å². The predicted octanol–water partition coefficient (Wildman–Crippen LogP) is 5.56. The van der Waals surface area contributed by atoms with E-state index in [-0.39, 0.29) is 0 Å². The second-order valence-corrected chi connectivity index (χ2v) is 8.53. The Hall–Kier alpha value is -3.64. The summed E-state index contributed by atoms with van der Waals surface area (Å²) in [6.07, 6.45) is 8.69. The Bertz CT molecular complexity index is 1200. The molecular weight excluding hydrogens is 424 g/mol. The van der Waals surface area contributed by atoms with Crippen LogP contribution >= 0.6 is 0 Å². The topological polar surface area (TPSA) is 59.4 Å². The Balaban J connectivity index is 0.000000336. The van der Waals surface area contributed by atoms with E-state index in [1.165, 1.54) is 32.4 Å². The number of ether oxygens (including phenoxy) is 1. The number of hydrogen-bond donors (Lipinski definition) is 1. The van der Waals surface area contributed by atoms with Gasteiger partial charge in [0, 0.05) is 30.0 Å². The predicted molar refractivity (Wildman–Crippen MR) is 138 cm³/mol. The van der Waals surface area contributed by atoms with Crippen LogP contribution in [0.1, 0.15) is 35.2 Å². The Kier molecular flexibility index (Phi) is 7.94. The number of likely N-dealkylation sites (tertiary alicyclic amines) is 1. The molecule has 6 heteroatoms. The first-order valence-corrected chi connectivity index (χ1v) is 11.8. The Morgan fingerprint density at radius 2 is 1.74 bits per heavy atom. The van der Waals surface area contributed by atoms with Gasteiger partial charge in [-0.2, -0.15) is 0 Å². The molecule has 0 saturated carbocycles. The molecule has 3 heterocycles. The van der Waals surface area contributed by atoms with Crippen LogP contribution in [0.3, 0.4) is 0 Å². The molecular formula is C28H32N4O2. The number of nitrogens with one attached hydrogen (secondary N) is 1. The largest absolute Gasteiger partial charge is 0.497 e. The average molecular weight is 457 g/mol. The maximum Gasteiger partial charge on any atom is 0.153 e. The minimum atomic E-state index is 0.547. The van der Waals surface area contributed by atoms with E-state index in [2.05, 4.69) is 34.4 Å². The van der Waals surface area contributed by atoms with Crippen molar-refractivity contribution in [2.24, 2.45) is 0 Å². The molecule has 1 fully saturated rings. The van der Waals surface area contributed by atoms with Crippen LogP contribution in [0.5, 0.6) is 5.75 Å². The van der Waals surface area contributed by atoms with Gasteiger partial charge < -0.3 is 19.5 Å². The van der Waals surface area contributed by atoms with Crippen LogP contribution in [0, 0.1) is 0 Å². The summed E-state index contributed by atoms with van der Waals surface area (Å²) in [5.41, 5.74) is 4.26. The van der Waals surface area contributed by atoms with Gasteiger partial charge in [-0.3, -0.25) is 4.79 Å². The van der Waals surface area contributed by atoms with E-state index < -0.39 is 0 Å². The van der Waals surface area contributed by atoms with Crippen LogP contribution in [0.4, 0.5) is 5.69 Å². The molecule has 0 atom stereocenters. The number of hydrogen-bond acceptors (Lipinski definition) is 5. The van der Waals surface area contributed by atoms with Crippen LogP contribution < -0.4 is 10.1 Å². The number of rotatable bonds is 6. The first-order chi connectivity index (χ1) is 16.7. The highest BCUT2D eigenvalue weighted by Gasteiger charge is 2.13. The molecule has 1 N–H and O–H groups in total. The second kappa shape index (κ2) is 11.5. The van der Waals surface area contributed by atoms with E-state index >= 15 is 0 Å². The van der Waals surface area contributed by atoms with Crippen molar-refractivity contribution in [2.75, 3.05) is 32.6 Å². The fourth-order valence-electron chi connectivity index (χ4n) is 4.18. The molecule has 34 heavy (non-hydrogen) atoms. The fourth-order valence-corrected chi connectivity index (χ4v) is 4.18. The van der Waals surface area contributed by atoms with Crippen LogP contribution in [-0.2, 0) is 6.54 Å². The number of benzene rings is 2. The summed E-state index contributed by atoms with van der Waals surface area (Å²) < 4.78 is 7.22. The van der Waals surface area contributed by atoms with Crippen molar-refractivity contribution in [3.05, 3.63) is 84.2 Å². The molecule has 6 nitrogen and oxygen atoms in total. The first-order valence-electron chi connectivity index (χ1n) is 11.8. The number of carbonyl (C=O) groups is 1. The number of aromatic nitrogens is 2. The zero-order chi connectivity index (χ0) is 23.8. The third kappa shape index (κ3) is 5.64. The summed E-state index contributed by atoms with van der Waals surface area (Å²) in [6.45, 7) is 3.27. The van der Waals surface area contributed by atoms with Gasteiger partial charge in [-0.25, -0.2) is 4.98 Å². The number of pyridine rings is 1. The zero-order valence-corrected chi connectivity index (χ0v) is 19.9. The third-order valence-electron chi connectivity index (χ3n) is 6.11. The number of piperidine rings is 1. The summed E-state index contributed by atoms with van der Waals surface area (Å²) in [4.78, 5) is 18.4. The Morgan fingerprint density at radius 1 is 1.00 bits per heavy atom. The first kappa shape index (κ1) is 23.5. The number of fused-ring (bicyclic) bond motifs is 1. The lowest BCUT2D eigenvalue weighted by molar-refractivity contribution is 0.112. The highest BCUT2D eigenvalue weighted by atomic mass is 16.5. The quantitative estimate of drug-likeness (QED) is 0.385. The Morgan fingerprint density at radius 3 is 2.35 bits per heavy atom. The number of carbonyl (C=O) groups excluding carboxylic acids is 1. The van der Waals surface area contributed by atoms with E-state index in [1.807, 2.05) is 59.3 Å². The number of nitrogens with zero attached hydrogens (tertiary/aromatic N) is 3. The average Bonchev–Trinajstić information content (AvgIpc) is 3.33. The minimum Gasteiger partial charge on any atom is -0.497 e. The lowest BCUT2D eigenvalue weighted by Gasteiger charge is -2.20. The van der Waals surface area contributed by atoms with Gasteiger partial charge in [0.15, 0.2) is 6.29 Å². The number of methoxy groups -OCH3 is 1. The standard InChI is InChI=1S/C22H19N3O2.C6H13N/c1-27-19-9-7-18(8-10-19)25-12-11-20-21(17(15-26)14-24-22(20)25)23-13-16-5-3-2-4-6-16;1-7-5-3-2-4-6-7/h2-12,14-15H,13H2,1H3,(H,23,24);2-6H2,1H3. The third-order valence-corrected chi connectivity index (χ3v) is 6.11. The van der Waals surface area contributed by atoms with Crippen molar-refractivity contribution in [2.45, 2.75) is 25.8 Å². The highest BCUT2D eigenvalue weighted by Crippen LogP contribution is 2.29. The molecule has 1 saturated heterocycles. The Labute approximate surface area is 201 Å². The molecule has 4 aromatic rings. The molecule has 1 aliphatic rings. The maximum absolute atomic E-state index is 11.5. The molecule has 176 valence electrons. The highest BCUT2D eigenvalue weighted by molar-refractivity contribution is 5.99. The van der Waals surface area contributed by atoms with Gasteiger partial charge in [-0.15, -0.1) is 0 Å². The molecule has 5 rings (SSSR count). The monoisotopic (exact) mass is 456 g/mol. The van der Waals surface area contributed by atoms with Gasteiger partial charge >= 0.3 is 0 Å². The van der Waals surface area contributed by atoms with Crippen molar-refractivity contribution in [3.8, 4) is 11.4 Å².